The van der Waals surface area contributed by atoms with Crippen molar-refractivity contribution in [3.63, 3.8) is 0 Å². The van der Waals surface area contributed by atoms with Crippen LogP contribution in [0.1, 0.15) is 253 Å². The van der Waals surface area contributed by atoms with Gasteiger partial charge in [0.15, 0.2) is 23.7 Å². The molecule has 0 radical (unpaired) electrons. The third kappa shape index (κ3) is 34.8. The van der Waals surface area contributed by atoms with Crippen LogP contribution in [0.3, 0.4) is 0 Å². The highest BCUT2D eigenvalue weighted by Crippen LogP contribution is 2.25. The monoisotopic (exact) mass is 1200 g/mol. The number of aliphatic hydroxyl groups is 1. The zero-order chi connectivity index (χ0) is 67.2. The molecule has 6 aromatic rings. The average Bonchev–Trinajstić information content (AvgIpc) is 3.01. The fourth-order valence-electron chi connectivity index (χ4n) is 7.24. The summed E-state index contributed by atoms with van der Waals surface area (Å²) >= 11 is 0. The van der Waals surface area contributed by atoms with Crippen LogP contribution in [-0.4, -0.2) is 59.0 Å². The number of benzene rings is 3. The topological polar surface area (TPSA) is 175 Å². The number of Topliss-reactive ketones (excluding diaryl/α,β-unsaturated/α-hetero) is 5. The van der Waals surface area contributed by atoms with Crippen LogP contribution >= 0.6 is 0 Å². The summed E-state index contributed by atoms with van der Waals surface area (Å²) in [5.41, 5.74) is 4.16. The third-order valence-electron chi connectivity index (χ3n) is 12.9. The minimum absolute atomic E-state index is 0.00579. The van der Waals surface area contributed by atoms with Crippen LogP contribution in [0.15, 0.2) is 126 Å². The zero-order valence-corrected chi connectivity index (χ0v) is 58.3. The number of hydrogen-bond donors (Lipinski definition) is 1. The molecule has 87 heavy (non-hydrogen) atoms. The minimum Gasteiger partial charge on any atom is -0.509 e. The molecule has 0 fully saturated rings. The molecular weight excluding hydrogens is 1080 g/mol. The lowest BCUT2D eigenvalue weighted by atomic mass is 9.86. The Balaban J connectivity index is 0.000001000. The summed E-state index contributed by atoms with van der Waals surface area (Å²) < 4.78 is 6.42. The number of ketones is 5. The molecule has 0 atom stereocenters. The molecule has 0 saturated carbocycles. The summed E-state index contributed by atoms with van der Waals surface area (Å²) in [4.78, 5) is 61.5. The Morgan fingerprint density at radius 2 is 1.01 bits per heavy atom. The van der Waals surface area contributed by atoms with Crippen LogP contribution in [0.5, 0.6) is 0 Å². The lowest BCUT2D eigenvalue weighted by Gasteiger charge is -2.17. The standard InChI is InChI=1S/C14H16N2O.C13H20.C12H16O.C10H14N2O.2C9H18O.C8H11NO2/c1-14(2,3)13(17)12-9-10-16(15-12)11-7-5-4-6-8-11;1-13(2,3)11-7-10-12-8-5-4-6-9-12;1-9-6-5-7-10(8-9)11(13)12(2,3)4;1-7-5-6-8(12-11-7)9(13)10(2,3)4;2*1-5-6-7-8(10)9(2,3)4;1-8(2,3)7(10)6-4-11-5-9-6/h4-10H,1-3H3;4-6,8-9H,7,10-11H2,1-3H3;5-8H,1-4H3;5-6,13H,1H2,2-4H3;2*5-7H2,1-4H3;4-5H,1-3H3. The Hall–Kier alpha value is -6.95. The van der Waals surface area contributed by atoms with E-state index in [0.29, 0.717) is 39.1 Å². The molecule has 3 aromatic heterocycles. The second-order valence-electron chi connectivity index (χ2n) is 29.4. The Bertz CT molecular complexity index is 3020. The number of carbonyl (C=O) groups excluding carboxylic acids is 5. The van der Waals surface area contributed by atoms with E-state index in [2.05, 4.69) is 91.8 Å². The van der Waals surface area contributed by atoms with Gasteiger partial charge in [0, 0.05) is 57.1 Å². The van der Waals surface area contributed by atoms with Crippen molar-refractivity contribution in [3.05, 3.63) is 161 Å². The number of rotatable bonds is 13. The summed E-state index contributed by atoms with van der Waals surface area (Å²) in [7, 11) is 0. The molecule has 3 aromatic carbocycles. The molecule has 6 rings (SSSR count). The van der Waals surface area contributed by atoms with Gasteiger partial charge in [0.1, 0.15) is 40.3 Å². The number of carbonyl (C=O) groups is 5. The van der Waals surface area contributed by atoms with E-state index in [1.807, 2.05) is 192 Å². The maximum Gasteiger partial charge on any atom is 0.189 e. The average molecular weight is 1200 g/mol. The second kappa shape index (κ2) is 37.0. The Morgan fingerprint density at radius 3 is 1.40 bits per heavy atom. The maximum absolute atomic E-state index is 12.0. The van der Waals surface area contributed by atoms with Crippen LogP contribution < -0.4 is 10.7 Å². The van der Waals surface area contributed by atoms with Crippen molar-refractivity contribution in [1.82, 2.24) is 25.0 Å². The lowest BCUT2D eigenvalue weighted by molar-refractivity contribution is -0.127. The van der Waals surface area contributed by atoms with Crippen molar-refractivity contribution in [1.29, 1.82) is 0 Å². The van der Waals surface area contributed by atoms with Crippen molar-refractivity contribution in [2.24, 2.45) is 37.9 Å². The number of nitrogens with zero attached hydrogens (tertiary/aromatic N) is 5. The Morgan fingerprint density at radius 1 is 0.529 bits per heavy atom. The van der Waals surface area contributed by atoms with Gasteiger partial charge in [-0.2, -0.15) is 10.2 Å². The SMILES string of the molecule is C=c1ccc(=C(O)C(C)(C)C)nn1.CC(C)(C)C(=O)c1ccn(-c2ccccc2)n1.CC(C)(C)C(=O)c1cocn1.CC(C)(C)CCCc1ccccc1.CCCCC(=O)C(C)(C)C.CCCCC(=O)C(C)(C)C.Cc1cccc(C(=O)C(C)(C)C)c1. The van der Waals surface area contributed by atoms with Gasteiger partial charge in [-0.25, -0.2) is 9.67 Å². The molecule has 3 heterocycles. The first-order chi connectivity index (χ1) is 39.9. The summed E-state index contributed by atoms with van der Waals surface area (Å²) in [5, 5.41) is 22.8. The molecule has 0 amide bonds. The van der Waals surface area contributed by atoms with E-state index in [1.54, 1.807) is 22.9 Å². The molecule has 480 valence electrons. The molecule has 1 N–H and O–H groups in total. The first-order valence-electron chi connectivity index (χ1n) is 30.9. The summed E-state index contributed by atoms with van der Waals surface area (Å²) in [5.74, 6) is 1.29. The molecule has 0 unspecified atom stereocenters. The highest BCUT2D eigenvalue weighted by Gasteiger charge is 2.27. The normalized spacial score (nSPS) is 11.9. The first kappa shape index (κ1) is 80.0. The summed E-state index contributed by atoms with van der Waals surface area (Å²) in [6, 6.07) is 33.4. The molecule has 12 heteroatoms. The van der Waals surface area contributed by atoms with Gasteiger partial charge in [0.2, 0.25) is 0 Å². The van der Waals surface area contributed by atoms with E-state index >= 15 is 0 Å². The third-order valence-corrected chi connectivity index (χ3v) is 12.9. The van der Waals surface area contributed by atoms with Gasteiger partial charge < -0.3 is 9.52 Å². The number of aromatic nitrogens is 5. The number of aryl methyl sites for hydroxylation is 2. The number of aliphatic hydroxyl groups excluding tert-OH is 1. The highest BCUT2D eigenvalue weighted by molar-refractivity contribution is 6.00. The summed E-state index contributed by atoms with van der Waals surface area (Å²) in [6.07, 6.45) is 14.1. The van der Waals surface area contributed by atoms with Gasteiger partial charge in [-0.1, -0.05) is 251 Å². The number of oxazole rings is 1. The van der Waals surface area contributed by atoms with E-state index in [1.165, 1.54) is 37.5 Å². The summed E-state index contributed by atoms with van der Waals surface area (Å²) in [6.45, 7) is 51.4. The van der Waals surface area contributed by atoms with E-state index in [-0.39, 0.29) is 50.2 Å². The molecule has 0 aliphatic rings. The van der Waals surface area contributed by atoms with E-state index < -0.39 is 5.41 Å². The van der Waals surface area contributed by atoms with E-state index in [0.717, 1.165) is 55.3 Å². The zero-order valence-electron chi connectivity index (χ0n) is 58.3. The smallest absolute Gasteiger partial charge is 0.189 e. The van der Waals surface area contributed by atoms with Crippen LogP contribution in [-0.2, 0) is 16.0 Å². The number of hydrogen-bond acceptors (Lipinski definition) is 11. The molecule has 0 saturated heterocycles. The predicted molar refractivity (Wildman–Crippen MR) is 362 cm³/mol. The van der Waals surface area contributed by atoms with Gasteiger partial charge in [-0.05, 0) is 86.4 Å². The molecular formula is C75H113N5O7. The number of unbranched alkanes of at least 4 members (excludes halogenated alkanes) is 2. The second-order valence-corrected chi connectivity index (χ2v) is 29.4. The van der Waals surface area contributed by atoms with Crippen molar-refractivity contribution >= 4 is 41.3 Å². The van der Waals surface area contributed by atoms with Gasteiger partial charge in [-0.3, -0.25) is 24.0 Å². The molecule has 0 spiro atoms. The first-order valence-corrected chi connectivity index (χ1v) is 30.9. The van der Waals surface area contributed by atoms with Gasteiger partial charge in [-0.15, -0.1) is 5.10 Å². The largest absolute Gasteiger partial charge is 0.509 e. The van der Waals surface area contributed by atoms with Gasteiger partial charge >= 0.3 is 0 Å². The Labute approximate surface area is 525 Å². The van der Waals surface area contributed by atoms with Crippen LogP contribution in [0.25, 0.3) is 18.0 Å². The molecule has 0 aliphatic carbocycles. The van der Waals surface area contributed by atoms with E-state index in [4.69, 9.17) is 4.42 Å². The molecule has 0 aliphatic heterocycles. The van der Waals surface area contributed by atoms with Gasteiger partial charge in [0.25, 0.3) is 0 Å². The highest BCUT2D eigenvalue weighted by atomic mass is 16.3. The van der Waals surface area contributed by atoms with Crippen LogP contribution in [0.4, 0.5) is 0 Å². The fraction of sp³-hybridized carbons (Fsp3) is 0.533. The lowest BCUT2D eigenvalue weighted by Crippen LogP contribution is -2.24. The minimum atomic E-state index is -0.393. The Kier molecular flexibility index (Phi) is 34.1. The molecule has 12 nitrogen and oxygen atoms in total. The van der Waals surface area contributed by atoms with Crippen molar-refractivity contribution in [2.75, 3.05) is 0 Å². The van der Waals surface area contributed by atoms with Crippen LogP contribution in [0, 0.1) is 44.8 Å². The quantitative estimate of drug-likeness (QED) is 0.109. The number of para-hydroxylation sites is 1. The maximum atomic E-state index is 12.0. The van der Waals surface area contributed by atoms with E-state index in [9.17, 15) is 29.1 Å². The molecule has 0 bridgehead atoms. The van der Waals surface area contributed by atoms with Crippen molar-refractivity contribution in [3.8, 4) is 5.69 Å². The fourth-order valence-corrected chi connectivity index (χ4v) is 7.24. The predicted octanol–water partition coefficient (Wildman–Crippen LogP) is 18.5. The van der Waals surface area contributed by atoms with Gasteiger partial charge in [0.05, 0.1) is 11.0 Å². The van der Waals surface area contributed by atoms with Crippen molar-refractivity contribution in [2.45, 2.75) is 224 Å². The van der Waals surface area contributed by atoms with Crippen molar-refractivity contribution < 1.29 is 33.5 Å². The van der Waals surface area contributed by atoms with Crippen LogP contribution in [0.2, 0.25) is 0 Å².